The summed E-state index contributed by atoms with van der Waals surface area (Å²) in [6, 6.07) is 1.82. The zero-order valence-electron chi connectivity index (χ0n) is 16.5. The Kier molecular flexibility index (Phi) is 6.90. The van der Waals surface area contributed by atoms with Gasteiger partial charge in [-0.1, -0.05) is 19.8 Å². The molecule has 1 aliphatic carbocycles. The summed E-state index contributed by atoms with van der Waals surface area (Å²) < 4.78 is 10.1. The molecule has 2 N–H and O–H groups in total. The topological polar surface area (TPSA) is 118 Å². The Balaban J connectivity index is 1.44. The summed E-state index contributed by atoms with van der Waals surface area (Å²) in [6.07, 6.45) is 6.63. The minimum absolute atomic E-state index is 0.0405. The maximum absolute atomic E-state index is 12.4. The van der Waals surface area contributed by atoms with Gasteiger partial charge >= 0.3 is 12.0 Å². The second-order valence-corrected chi connectivity index (χ2v) is 7.63. The fourth-order valence-electron chi connectivity index (χ4n) is 3.93. The first-order valence-corrected chi connectivity index (χ1v) is 10.1. The summed E-state index contributed by atoms with van der Waals surface area (Å²) in [7, 11) is 0. The van der Waals surface area contributed by atoms with Crippen molar-refractivity contribution < 1.29 is 28.3 Å². The van der Waals surface area contributed by atoms with Gasteiger partial charge in [-0.05, 0) is 43.7 Å². The number of esters is 1. The molecule has 3 rings (SSSR count). The molecule has 9 nitrogen and oxygen atoms in total. The van der Waals surface area contributed by atoms with Crippen LogP contribution in [0.2, 0.25) is 0 Å². The number of furan rings is 1. The van der Waals surface area contributed by atoms with E-state index in [2.05, 4.69) is 17.6 Å². The Morgan fingerprint density at radius 2 is 1.97 bits per heavy atom. The molecule has 0 bridgehead atoms. The molecule has 2 heterocycles. The van der Waals surface area contributed by atoms with Crippen molar-refractivity contribution in [1.82, 2.24) is 15.5 Å². The van der Waals surface area contributed by atoms with E-state index in [0.717, 1.165) is 25.7 Å². The first kappa shape index (κ1) is 20.9. The number of imide groups is 1. The summed E-state index contributed by atoms with van der Waals surface area (Å²) in [4.78, 5) is 50.1. The van der Waals surface area contributed by atoms with Gasteiger partial charge in [-0.15, -0.1) is 0 Å². The van der Waals surface area contributed by atoms with E-state index in [4.69, 9.17) is 9.15 Å². The van der Waals surface area contributed by atoms with Gasteiger partial charge in [-0.2, -0.15) is 0 Å². The van der Waals surface area contributed by atoms with E-state index in [1.807, 2.05) is 0 Å². The predicted octanol–water partition coefficient (Wildman–Crippen LogP) is 1.83. The SMILES string of the molecule is CC1CCCCC1NC(=O)NC(=O)COC(=O)[C@@H]1CCCN1C(=O)c1ccco1. The predicted molar refractivity (Wildman–Crippen MR) is 102 cm³/mol. The smallest absolute Gasteiger partial charge is 0.329 e. The van der Waals surface area contributed by atoms with Gasteiger partial charge in [0.15, 0.2) is 12.4 Å². The van der Waals surface area contributed by atoms with Crippen LogP contribution in [-0.4, -0.2) is 54.0 Å². The summed E-state index contributed by atoms with van der Waals surface area (Å²) in [5.74, 6) is -1.25. The highest BCUT2D eigenvalue weighted by Gasteiger charge is 2.37. The molecule has 1 aliphatic heterocycles. The lowest BCUT2D eigenvalue weighted by Crippen LogP contribution is -2.49. The highest BCUT2D eigenvalue weighted by atomic mass is 16.5. The van der Waals surface area contributed by atoms with Crippen LogP contribution < -0.4 is 10.6 Å². The van der Waals surface area contributed by atoms with Crippen LogP contribution in [-0.2, 0) is 14.3 Å². The molecule has 0 spiro atoms. The average Bonchev–Trinajstić information content (AvgIpc) is 3.39. The summed E-state index contributed by atoms with van der Waals surface area (Å²) >= 11 is 0. The maximum Gasteiger partial charge on any atom is 0.329 e. The molecular weight excluding hydrogens is 378 g/mol. The number of ether oxygens (including phenoxy) is 1. The highest BCUT2D eigenvalue weighted by molar-refractivity contribution is 5.97. The van der Waals surface area contributed by atoms with E-state index in [0.29, 0.717) is 25.3 Å². The number of rotatable bonds is 5. The van der Waals surface area contributed by atoms with Crippen LogP contribution in [0.3, 0.4) is 0 Å². The summed E-state index contributed by atoms with van der Waals surface area (Å²) in [6.45, 7) is 1.91. The van der Waals surface area contributed by atoms with Crippen molar-refractivity contribution in [3.05, 3.63) is 24.2 Å². The molecule has 9 heteroatoms. The standard InChI is InChI=1S/C20H27N3O6/c1-13-6-2-3-7-14(13)21-20(27)22-17(24)12-29-19(26)15-8-4-10-23(15)18(25)16-9-5-11-28-16/h5,9,11,13-15H,2-4,6-8,10,12H2,1H3,(H2,21,22,24,27)/t13?,14?,15-/m0/s1. The molecule has 2 aliphatic rings. The van der Waals surface area contributed by atoms with Crippen molar-refractivity contribution in [3.63, 3.8) is 0 Å². The molecule has 158 valence electrons. The number of nitrogens with zero attached hydrogens (tertiary/aromatic N) is 1. The molecule has 1 aromatic heterocycles. The van der Waals surface area contributed by atoms with Crippen molar-refractivity contribution in [3.8, 4) is 0 Å². The lowest BCUT2D eigenvalue weighted by molar-refractivity contribution is -0.152. The first-order chi connectivity index (χ1) is 14.0. The van der Waals surface area contributed by atoms with Crippen molar-refractivity contribution in [2.24, 2.45) is 5.92 Å². The highest BCUT2D eigenvalue weighted by Crippen LogP contribution is 2.23. The third-order valence-electron chi connectivity index (χ3n) is 5.54. The van der Waals surface area contributed by atoms with Gasteiger partial charge in [-0.25, -0.2) is 9.59 Å². The molecule has 4 amide bonds. The minimum Gasteiger partial charge on any atom is -0.459 e. The van der Waals surface area contributed by atoms with E-state index in [1.165, 1.54) is 17.2 Å². The number of hydrogen-bond acceptors (Lipinski definition) is 6. The van der Waals surface area contributed by atoms with Crippen LogP contribution in [0.25, 0.3) is 0 Å². The van der Waals surface area contributed by atoms with Crippen molar-refractivity contribution in [2.75, 3.05) is 13.2 Å². The molecule has 1 saturated carbocycles. The van der Waals surface area contributed by atoms with Gasteiger partial charge in [0.2, 0.25) is 0 Å². The van der Waals surface area contributed by atoms with Crippen LogP contribution >= 0.6 is 0 Å². The Hall–Kier alpha value is -2.84. The van der Waals surface area contributed by atoms with Crippen LogP contribution in [0.4, 0.5) is 4.79 Å². The molecule has 3 atom stereocenters. The van der Waals surface area contributed by atoms with Crippen LogP contribution in [0.15, 0.2) is 22.8 Å². The van der Waals surface area contributed by atoms with Crippen LogP contribution in [0, 0.1) is 5.92 Å². The molecule has 1 saturated heterocycles. The normalized spacial score (nSPS) is 24.0. The lowest BCUT2D eigenvalue weighted by atomic mass is 9.86. The van der Waals surface area contributed by atoms with Gasteiger partial charge in [0.05, 0.1) is 6.26 Å². The number of carbonyl (C=O) groups is 4. The maximum atomic E-state index is 12.4. The Bertz CT molecular complexity index is 747. The number of urea groups is 1. The molecule has 2 unspecified atom stereocenters. The fraction of sp³-hybridized carbons (Fsp3) is 0.600. The Morgan fingerprint density at radius 3 is 2.69 bits per heavy atom. The summed E-state index contributed by atoms with van der Waals surface area (Å²) in [5, 5.41) is 4.99. The fourth-order valence-corrected chi connectivity index (χ4v) is 3.93. The van der Waals surface area contributed by atoms with Crippen LogP contribution in [0.1, 0.15) is 56.0 Å². The van der Waals surface area contributed by atoms with Gasteiger partial charge in [0.25, 0.3) is 11.8 Å². The molecule has 0 radical (unpaired) electrons. The van der Waals surface area contributed by atoms with E-state index in [1.54, 1.807) is 6.07 Å². The van der Waals surface area contributed by atoms with Gasteiger partial charge in [0, 0.05) is 12.6 Å². The van der Waals surface area contributed by atoms with Crippen molar-refractivity contribution in [2.45, 2.75) is 57.5 Å². The molecule has 1 aromatic rings. The number of likely N-dealkylation sites (tertiary alicyclic amines) is 1. The van der Waals surface area contributed by atoms with Crippen molar-refractivity contribution in [1.29, 1.82) is 0 Å². The number of amides is 4. The largest absolute Gasteiger partial charge is 0.459 e. The number of nitrogens with one attached hydrogen (secondary N) is 2. The molecule has 0 aromatic carbocycles. The quantitative estimate of drug-likeness (QED) is 0.722. The molecule has 2 fully saturated rings. The third-order valence-corrected chi connectivity index (χ3v) is 5.54. The Morgan fingerprint density at radius 1 is 1.17 bits per heavy atom. The third kappa shape index (κ3) is 5.36. The second kappa shape index (κ2) is 9.58. The number of carbonyl (C=O) groups excluding carboxylic acids is 4. The monoisotopic (exact) mass is 405 g/mol. The molecular formula is C20H27N3O6. The van der Waals surface area contributed by atoms with Crippen LogP contribution in [0.5, 0.6) is 0 Å². The van der Waals surface area contributed by atoms with E-state index >= 15 is 0 Å². The van der Waals surface area contributed by atoms with Crippen molar-refractivity contribution >= 4 is 23.8 Å². The van der Waals surface area contributed by atoms with E-state index < -0.39 is 30.6 Å². The van der Waals surface area contributed by atoms with Gasteiger partial charge in [-0.3, -0.25) is 14.9 Å². The van der Waals surface area contributed by atoms with Gasteiger partial charge < -0.3 is 19.4 Å². The second-order valence-electron chi connectivity index (χ2n) is 7.63. The molecule has 29 heavy (non-hydrogen) atoms. The zero-order valence-corrected chi connectivity index (χ0v) is 16.5. The number of hydrogen-bond donors (Lipinski definition) is 2. The Labute approximate surface area is 169 Å². The first-order valence-electron chi connectivity index (χ1n) is 10.1. The van der Waals surface area contributed by atoms with E-state index in [-0.39, 0.29) is 17.7 Å². The van der Waals surface area contributed by atoms with E-state index in [9.17, 15) is 19.2 Å². The lowest BCUT2D eigenvalue weighted by Gasteiger charge is -2.29. The zero-order chi connectivity index (χ0) is 20.8. The summed E-state index contributed by atoms with van der Waals surface area (Å²) in [5.41, 5.74) is 0. The minimum atomic E-state index is -0.766. The van der Waals surface area contributed by atoms with Gasteiger partial charge in [0.1, 0.15) is 6.04 Å². The average molecular weight is 405 g/mol.